The van der Waals surface area contributed by atoms with Crippen LogP contribution in [0.3, 0.4) is 0 Å². The number of rotatable bonds is 4. The Morgan fingerprint density at radius 1 is 1.41 bits per heavy atom. The molecule has 1 aromatic heterocycles. The third kappa shape index (κ3) is 3.80. The lowest BCUT2D eigenvalue weighted by Crippen LogP contribution is -2.37. The molecule has 1 aliphatic rings. The second kappa shape index (κ2) is 6.35. The smallest absolute Gasteiger partial charge is 0.0285 e. The van der Waals surface area contributed by atoms with Gasteiger partial charge >= 0.3 is 0 Å². The van der Waals surface area contributed by atoms with Gasteiger partial charge in [-0.3, -0.25) is 0 Å². The molecule has 1 aliphatic carbocycles. The van der Waals surface area contributed by atoms with E-state index in [2.05, 4.69) is 46.7 Å². The lowest BCUT2D eigenvalue weighted by molar-refractivity contribution is 0.236. The van der Waals surface area contributed by atoms with Crippen LogP contribution in [0, 0.1) is 11.8 Å². The van der Waals surface area contributed by atoms with E-state index in [1.807, 2.05) is 11.3 Å². The summed E-state index contributed by atoms with van der Waals surface area (Å²) in [5.41, 5.74) is 0. The van der Waals surface area contributed by atoms with Gasteiger partial charge < -0.3 is 5.32 Å². The predicted octanol–water partition coefficient (Wildman–Crippen LogP) is 4.47. The first-order chi connectivity index (χ1) is 8.19. The Labute approximate surface area is 117 Å². The quantitative estimate of drug-likeness (QED) is 0.864. The molecule has 1 aromatic rings. The molecule has 1 atom stereocenters. The number of thiophene rings is 1. The largest absolute Gasteiger partial charge is 0.316 e. The van der Waals surface area contributed by atoms with Crippen LogP contribution in [0.4, 0.5) is 0 Å². The molecule has 1 heterocycles. The first-order valence-electron chi connectivity index (χ1n) is 6.59. The summed E-state index contributed by atoms with van der Waals surface area (Å²) in [5.74, 6) is 1.82. The number of nitrogens with one attached hydrogen (secondary N) is 1. The van der Waals surface area contributed by atoms with E-state index in [0.717, 1.165) is 11.8 Å². The van der Waals surface area contributed by atoms with E-state index in [0.29, 0.717) is 6.04 Å². The van der Waals surface area contributed by atoms with Crippen LogP contribution in [0.25, 0.3) is 0 Å². The predicted molar refractivity (Wildman–Crippen MR) is 79.7 cm³/mol. The van der Waals surface area contributed by atoms with Gasteiger partial charge in [0.2, 0.25) is 0 Å². The summed E-state index contributed by atoms with van der Waals surface area (Å²) >= 11 is 5.41. The van der Waals surface area contributed by atoms with Gasteiger partial charge in [-0.05, 0) is 60.1 Å². The minimum Gasteiger partial charge on any atom is -0.316 e. The fraction of sp³-hybridized carbons (Fsp3) is 0.714. The summed E-state index contributed by atoms with van der Waals surface area (Å²) in [6.07, 6.45) is 6.82. The van der Waals surface area contributed by atoms with E-state index < -0.39 is 0 Å². The van der Waals surface area contributed by atoms with E-state index in [1.54, 1.807) is 0 Å². The van der Waals surface area contributed by atoms with E-state index in [4.69, 9.17) is 0 Å². The van der Waals surface area contributed by atoms with Gasteiger partial charge in [-0.25, -0.2) is 0 Å². The van der Waals surface area contributed by atoms with Crippen molar-refractivity contribution in [3.63, 3.8) is 0 Å². The van der Waals surface area contributed by atoms with Crippen LogP contribution in [0.2, 0.25) is 0 Å². The van der Waals surface area contributed by atoms with Crippen molar-refractivity contribution >= 4 is 27.3 Å². The third-order valence-corrected chi connectivity index (χ3v) is 5.76. The number of hydrogen-bond acceptors (Lipinski definition) is 2. The van der Waals surface area contributed by atoms with Crippen LogP contribution in [0.5, 0.6) is 0 Å². The lowest BCUT2D eigenvalue weighted by Gasteiger charge is -2.32. The van der Waals surface area contributed by atoms with E-state index in [9.17, 15) is 0 Å². The zero-order valence-corrected chi connectivity index (χ0v) is 13.1. The molecule has 0 aliphatic heterocycles. The molecule has 0 saturated heterocycles. The highest BCUT2D eigenvalue weighted by molar-refractivity contribution is 9.10. The number of halogens is 1. The van der Waals surface area contributed by atoms with E-state index in [-0.39, 0.29) is 0 Å². The Balaban J connectivity index is 1.92. The van der Waals surface area contributed by atoms with Crippen LogP contribution in [-0.2, 0) is 6.42 Å². The molecule has 1 N–H and O–H groups in total. The highest BCUT2D eigenvalue weighted by Gasteiger charge is 2.25. The standard InChI is InChI=1S/C14H22BrNS/c1-10-3-5-11(6-4-10)14(16-2)8-13-7-12(15)9-17-13/h7,9-11,14,16H,3-6,8H2,1-2H3. The second-order valence-corrected chi connectivity index (χ2v) is 7.26. The summed E-state index contributed by atoms with van der Waals surface area (Å²) in [6, 6.07) is 2.92. The molecule has 0 spiro atoms. The van der Waals surface area contributed by atoms with Crippen molar-refractivity contribution in [3.05, 3.63) is 20.8 Å². The highest BCUT2D eigenvalue weighted by atomic mass is 79.9. The molecule has 0 bridgehead atoms. The van der Waals surface area contributed by atoms with Gasteiger partial charge in [-0.2, -0.15) is 0 Å². The highest BCUT2D eigenvalue weighted by Crippen LogP contribution is 2.32. The van der Waals surface area contributed by atoms with Crippen LogP contribution in [0.15, 0.2) is 15.9 Å². The molecule has 3 heteroatoms. The van der Waals surface area contributed by atoms with Gasteiger partial charge in [0.15, 0.2) is 0 Å². The fourth-order valence-corrected chi connectivity index (χ4v) is 4.38. The Hall–Kier alpha value is 0.140. The molecule has 2 rings (SSSR count). The summed E-state index contributed by atoms with van der Waals surface area (Å²) in [4.78, 5) is 1.50. The van der Waals surface area contributed by atoms with Gasteiger partial charge in [0.25, 0.3) is 0 Å². The maximum Gasteiger partial charge on any atom is 0.0285 e. The Morgan fingerprint density at radius 2 is 2.12 bits per heavy atom. The SMILES string of the molecule is CNC(Cc1cc(Br)cs1)C1CCC(C)CC1. The normalized spacial score (nSPS) is 27.0. The summed E-state index contributed by atoms with van der Waals surface area (Å²) in [5, 5.41) is 5.72. The first-order valence-corrected chi connectivity index (χ1v) is 8.26. The van der Waals surface area contributed by atoms with Crippen molar-refractivity contribution in [3.8, 4) is 0 Å². The van der Waals surface area contributed by atoms with E-state index >= 15 is 0 Å². The third-order valence-electron chi connectivity index (χ3n) is 4.04. The minimum atomic E-state index is 0.660. The first kappa shape index (κ1) is 13.6. The van der Waals surface area contributed by atoms with Crippen molar-refractivity contribution in [1.29, 1.82) is 0 Å². The summed E-state index contributed by atoms with van der Waals surface area (Å²) in [6.45, 7) is 2.39. The maximum absolute atomic E-state index is 3.54. The lowest BCUT2D eigenvalue weighted by atomic mass is 9.78. The van der Waals surface area contributed by atoms with Crippen molar-refractivity contribution < 1.29 is 0 Å². The molecule has 96 valence electrons. The van der Waals surface area contributed by atoms with Gasteiger partial charge in [-0.1, -0.05) is 19.8 Å². The zero-order valence-electron chi connectivity index (χ0n) is 10.7. The topological polar surface area (TPSA) is 12.0 Å². The van der Waals surface area contributed by atoms with Crippen molar-refractivity contribution in [1.82, 2.24) is 5.32 Å². The zero-order chi connectivity index (χ0) is 12.3. The summed E-state index contributed by atoms with van der Waals surface area (Å²) < 4.78 is 1.23. The minimum absolute atomic E-state index is 0.660. The van der Waals surface area contributed by atoms with Crippen LogP contribution in [0.1, 0.15) is 37.5 Å². The van der Waals surface area contributed by atoms with Gasteiger partial charge in [0, 0.05) is 20.8 Å². The van der Waals surface area contributed by atoms with Crippen molar-refractivity contribution in [2.75, 3.05) is 7.05 Å². The molecule has 1 nitrogen and oxygen atoms in total. The molecule has 17 heavy (non-hydrogen) atoms. The van der Waals surface area contributed by atoms with Gasteiger partial charge in [0.1, 0.15) is 0 Å². The monoisotopic (exact) mass is 315 g/mol. The molecule has 0 amide bonds. The van der Waals surface area contributed by atoms with Crippen LogP contribution < -0.4 is 5.32 Å². The average Bonchev–Trinajstić information content (AvgIpc) is 2.73. The van der Waals surface area contributed by atoms with Gasteiger partial charge in [0.05, 0.1) is 0 Å². The molecule has 1 fully saturated rings. The molecule has 0 radical (unpaired) electrons. The molecule has 1 unspecified atom stereocenters. The average molecular weight is 316 g/mol. The molecule has 1 saturated carbocycles. The maximum atomic E-state index is 3.54. The molecular formula is C14H22BrNS. The van der Waals surface area contributed by atoms with Gasteiger partial charge in [-0.15, -0.1) is 11.3 Å². The fourth-order valence-electron chi connectivity index (χ4n) is 2.87. The summed E-state index contributed by atoms with van der Waals surface area (Å²) in [7, 11) is 2.12. The molecular weight excluding hydrogens is 294 g/mol. The number of hydrogen-bond donors (Lipinski definition) is 1. The van der Waals surface area contributed by atoms with Crippen molar-refractivity contribution in [2.45, 2.75) is 45.1 Å². The molecule has 0 aromatic carbocycles. The van der Waals surface area contributed by atoms with Crippen molar-refractivity contribution in [2.24, 2.45) is 11.8 Å². The Bertz CT molecular complexity index is 342. The second-order valence-electron chi connectivity index (χ2n) is 5.35. The van der Waals surface area contributed by atoms with E-state index in [1.165, 1.54) is 41.5 Å². The Morgan fingerprint density at radius 3 is 2.65 bits per heavy atom. The van der Waals surface area contributed by atoms with Crippen LogP contribution in [-0.4, -0.2) is 13.1 Å². The van der Waals surface area contributed by atoms with Crippen LogP contribution >= 0.6 is 27.3 Å². The number of likely N-dealkylation sites (N-methyl/N-ethyl adjacent to an activating group) is 1. The Kier molecular flexibility index (Phi) is 5.07.